The Hall–Kier alpha value is 0.130. The molecule has 0 aromatic carbocycles. The zero-order valence-corrected chi connectivity index (χ0v) is 11.8. The standard InChI is InChI=1S/C12H26N2O2.ClH/c1-12(5-8-15,10-16-2)14-9-11-3-6-13-7-4-11;/h11,13-15H,3-10H2,1-2H3;1H. The number of rotatable bonds is 7. The number of aliphatic hydroxyl groups excluding tert-OH is 1. The molecule has 1 aliphatic rings. The summed E-state index contributed by atoms with van der Waals surface area (Å²) in [5, 5.41) is 16.0. The first-order chi connectivity index (χ1) is 7.70. The summed E-state index contributed by atoms with van der Waals surface area (Å²) in [6.45, 7) is 6.27. The van der Waals surface area contributed by atoms with Crippen LogP contribution in [0.15, 0.2) is 0 Å². The van der Waals surface area contributed by atoms with Crippen LogP contribution in [-0.4, -0.2) is 50.6 Å². The Morgan fingerprint density at radius 3 is 2.59 bits per heavy atom. The van der Waals surface area contributed by atoms with Gasteiger partial charge in [-0.25, -0.2) is 0 Å². The lowest BCUT2D eigenvalue weighted by molar-refractivity contribution is 0.0936. The van der Waals surface area contributed by atoms with E-state index in [0.29, 0.717) is 6.61 Å². The second-order valence-corrected chi connectivity index (χ2v) is 5.04. The lowest BCUT2D eigenvalue weighted by Gasteiger charge is -2.33. The molecule has 0 aromatic rings. The summed E-state index contributed by atoms with van der Waals surface area (Å²) in [6, 6.07) is 0. The van der Waals surface area contributed by atoms with Gasteiger partial charge in [0.25, 0.3) is 0 Å². The second kappa shape index (κ2) is 9.11. The van der Waals surface area contributed by atoms with Crippen LogP contribution in [0.1, 0.15) is 26.2 Å². The molecule has 0 aliphatic carbocycles. The van der Waals surface area contributed by atoms with Gasteiger partial charge >= 0.3 is 0 Å². The number of hydrogen-bond donors (Lipinski definition) is 3. The molecule has 0 amide bonds. The number of halogens is 1. The molecule has 1 heterocycles. The predicted octanol–water partition coefficient (Wildman–Crippen LogP) is 0.785. The molecule has 5 heteroatoms. The summed E-state index contributed by atoms with van der Waals surface area (Å²) >= 11 is 0. The molecule has 0 saturated carbocycles. The number of hydrogen-bond acceptors (Lipinski definition) is 4. The van der Waals surface area contributed by atoms with Crippen molar-refractivity contribution in [3.8, 4) is 0 Å². The van der Waals surface area contributed by atoms with Crippen molar-refractivity contribution in [2.75, 3.05) is 40.0 Å². The number of nitrogens with one attached hydrogen (secondary N) is 2. The van der Waals surface area contributed by atoms with Crippen LogP contribution < -0.4 is 10.6 Å². The van der Waals surface area contributed by atoms with Gasteiger partial charge in [-0.05, 0) is 51.7 Å². The van der Waals surface area contributed by atoms with Gasteiger partial charge < -0.3 is 20.5 Å². The van der Waals surface area contributed by atoms with Crippen molar-refractivity contribution in [2.45, 2.75) is 31.7 Å². The summed E-state index contributed by atoms with van der Waals surface area (Å²) in [5.74, 6) is 0.760. The van der Waals surface area contributed by atoms with Gasteiger partial charge in [0.15, 0.2) is 0 Å². The van der Waals surface area contributed by atoms with E-state index in [1.54, 1.807) is 7.11 Å². The molecule has 1 unspecified atom stereocenters. The van der Waals surface area contributed by atoms with Crippen LogP contribution >= 0.6 is 12.4 Å². The van der Waals surface area contributed by atoms with Crippen molar-refractivity contribution in [2.24, 2.45) is 5.92 Å². The maximum atomic E-state index is 9.06. The van der Waals surface area contributed by atoms with Crippen molar-refractivity contribution in [3.63, 3.8) is 0 Å². The molecular weight excluding hydrogens is 240 g/mol. The minimum Gasteiger partial charge on any atom is -0.396 e. The van der Waals surface area contributed by atoms with Crippen LogP contribution in [0.3, 0.4) is 0 Å². The van der Waals surface area contributed by atoms with Gasteiger partial charge in [0.2, 0.25) is 0 Å². The maximum Gasteiger partial charge on any atom is 0.0642 e. The van der Waals surface area contributed by atoms with Crippen molar-refractivity contribution in [1.82, 2.24) is 10.6 Å². The van der Waals surface area contributed by atoms with E-state index in [2.05, 4.69) is 17.6 Å². The van der Waals surface area contributed by atoms with E-state index in [9.17, 15) is 0 Å². The topological polar surface area (TPSA) is 53.5 Å². The van der Waals surface area contributed by atoms with Crippen molar-refractivity contribution >= 4 is 12.4 Å². The third kappa shape index (κ3) is 6.58. The Labute approximate surface area is 111 Å². The molecule has 0 spiro atoms. The zero-order chi connectivity index (χ0) is 11.9. The molecule has 1 atom stereocenters. The van der Waals surface area contributed by atoms with Gasteiger partial charge in [0, 0.05) is 19.3 Å². The monoisotopic (exact) mass is 266 g/mol. The van der Waals surface area contributed by atoms with E-state index in [4.69, 9.17) is 9.84 Å². The normalized spacial score (nSPS) is 20.6. The third-order valence-electron chi connectivity index (χ3n) is 3.40. The SMILES string of the molecule is COCC(C)(CCO)NCC1CCNCC1.Cl. The Kier molecular flexibility index (Phi) is 9.18. The van der Waals surface area contributed by atoms with Crippen LogP contribution in [0.4, 0.5) is 0 Å². The fourth-order valence-corrected chi connectivity index (χ4v) is 2.25. The van der Waals surface area contributed by atoms with Crippen LogP contribution in [-0.2, 0) is 4.74 Å². The van der Waals surface area contributed by atoms with Gasteiger partial charge in [-0.15, -0.1) is 12.4 Å². The molecule has 4 nitrogen and oxygen atoms in total. The first-order valence-electron chi connectivity index (χ1n) is 6.26. The predicted molar refractivity (Wildman–Crippen MR) is 72.8 cm³/mol. The largest absolute Gasteiger partial charge is 0.396 e. The fourth-order valence-electron chi connectivity index (χ4n) is 2.25. The minimum atomic E-state index is -0.0889. The summed E-state index contributed by atoms with van der Waals surface area (Å²) < 4.78 is 5.21. The number of ether oxygens (including phenoxy) is 1. The molecule has 0 radical (unpaired) electrons. The highest BCUT2D eigenvalue weighted by atomic mass is 35.5. The molecule has 1 aliphatic heterocycles. The molecule has 0 bridgehead atoms. The smallest absolute Gasteiger partial charge is 0.0642 e. The Balaban J connectivity index is 0.00000256. The third-order valence-corrected chi connectivity index (χ3v) is 3.40. The Morgan fingerprint density at radius 1 is 1.41 bits per heavy atom. The van der Waals surface area contributed by atoms with Crippen LogP contribution in [0, 0.1) is 5.92 Å². The van der Waals surface area contributed by atoms with Gasteiger partial charge in [0.05, 0.1) is 6.61 Å². The highest BCUT2D eigenvalue weighted by molar-refractivity contribution is 5.85. The molecule has 3 N–H and O–H groups in total. The fraction of sp³-hybridized carbons (Fsp3) is 1.00. The highest BCUT2D eigenvalue weighted by Gasteiger charge is 2.24. The molecular formula is C12H27ClN2O2. The van der Waals surface area contributed by atoms with Crippen LogP contribution in [0.2, 0.25) is 0 Å². The summed E-state index contributed by atoms with van der Waals surface area (Å²) in [5.41, 5.74) is -0.0889. The van der Waals surface area contributed by atoms with Crippen molar-refractivity contribution in [1.29, 1.82) is 0 Å². The molecule has 0 aromatic heterocycles. The van der Waals surface area contributed by atoms with Gasteiger partial charge in [-0.2, -0.15) is 0 Å². The number of piperidine rings is 1. The lowest BCUT2D eigenvalue weighted by Crippen LogP contribution is -2.49. The van der Waals surface area contributed by atoms with E-state index < -0.39 is 0 Å². The summed E-state index contributed by atoms with van der Waals surface area (Å²) in [4.78, 5) is 0. The first kappa shape index (κ1) is 17.1. The van der Waals surface area contributed by atoms with E-state index in [-0.39, 0.29) is 24.6 Å². The highest BCUT2D eigenvalue weighted by Crippen LogP contribution is 2.14. The molecule has 1 fully saturated rings. The molecule has 104 valence electrons. The summed E-state index contributed by atoms with van der Waals surface area (Å²) in [6.07, 6.45) is 3.23. The van der Waals surface area contributed by atoms with Crippen LogP contribution in [0.5, 0.6) is 0 Å². The van der Waals surface area contributed by atoms with Crippen molar-refractivity contribution in [3.05, 3.63) is 0 Å². The average molecular weight is 267 g/mol. The van der Waals surface area contributed by atoms with E-state index in [1.807, 2.05) is 0 Å². The quantitative estimate of drug-likeness (QED) is 0.638. The van der Waals surface area contributed by atoms with Gasteiger partial charge in [0.1, 0.15) is 0 Å². The second-order valence-electron chi connectivity index (χ2n) is 5.04. The van der Waals surface area contributed by atoms with E-state index >= 15 is 0 Å². The number of aliphatic hydroxyl groups is 1. The van der Waals surface area contributed by atoms with E-state index in [1.165, 1.54) is 12.8 Å². The molecule has 17 heavy (non-hydrogen) atoms. The lowest BCUT2D eigenvalue weighted by atomic mass is 9.94. The number of methoxy groups -OCH3 is 1. The molecule has 1 rings (SSSR count). The first-order valence-corrected chi connectivity index (χ1v) is 6.26. The Morgan fingerprint density at radius 2 is 2.06 bits per heavy atom. The van der Waals surface area contributed by atoms with Gasteiger partial charge in [-0.3, -0.25) is 0 Å². The van der Waals surface area contributed by atoms with Gasteiger partial charge in [-0.1, -0.05) is 0 Å². The van der Waals surface area contributed by atoms with Crippen molar-refractivity contribution < 1.29 is 9.84 Å². The molecule has 1 saturated heterocycles. The summed E-state index contributed by atoms with van der Waals surface area (Å²) in [7, 11) is 1.71. The van der Waals surface area contributed by atoms with Crippen LogP contribution in [0.25, 0.3) is 0 Å². The minimum absolute atomic E-state index is 0. The maximum absolute atomic E-state index is 9.06. The average Bonchev–Trinajstić information content (AvgIpc) is 2.29. The zero-order valence-electron chi connectivity index (χ0n) is 11.0. The van der Waals surface area contributed by atoms with E-state index in [0.717, 1.165) is 32.0 Å². The Bertz CT molecular complexity index is 181.